The Labute approximate surface area is 106 Å². The lowest BCUT2D eigenvalue weighted by molar-refractivity contribution is 0.546. The number of hydrogen-bond acceptors (Lipinski definition) is 0. The Hall–Kier alpha value is -1.30. The molecule has 0 fully saturated rings. The minimum atomic E-state index is 0.181. The number of benzene rings is 1. The maximum atomic E-state index is 3.91. The lowest BCUT2D eigenvalue weighted by atomic mass is 9.90. The van der Waals surface area contributed by atoms with E-state index in [0.29, 0.717) is 5.92 Å². The summed E-state index contributed by atoms with van der Waals surface area (Å²) in [7, 11) is 0. The van der Waals surface area contributed by atoms with Crippen LogP contribution in [0.4, 0.5) is 0 Å². The third-order valence-electron chi connectivity index (χ3n) is 2.72. The van der Waals surface area contributed by atoms with Crippen LogP contribution in [0.25, 0.3) is 5.57 Å². The number of allylic oxidation sites excluding steroid dienone is 3. The number of hydrogen-bond donors (Lipinski definition) is 0. The zero-order valence-corrected chi connectivity index (χ0v) is 11.7. The Morgan fingerprint density at radius 1 is 1.12 bits per heavy atom. The first-order chi connectivity index (χ1) is 7.83. The monoisotopic (exact) mass is 228 g/mol. The van der Waals surface area contributed by atoms with E-state index in [1.54, 1.807) is 0 Å². The van der Waals surface area contributed by atoms with Crippen LogP contribution in [-0.2, 0) is 0 Å². The van der Waals surface area contributed by atoms with Crippen LogP contribution in [0.15, 0.2) is 43.0 Å². The zero-order chi connectivity index (χ0) is 13.1. The summed E-state index contributed by atoms with van der Waals surface area (Å²) >= 11 is 0. The van der Waals surface area contributed by atoms with Gasteiger partial charge in [0.1, 0.15) is 0 Å². The van der Waals surface area contributed by atoms with Crippen molar-refractivity contribution in [3.63, 3.8) is 0 Å². The summed E-state index contributed by atoms with van der Waals surface area (Å²) in [6.45, 7) is 15.0. The van der Waals surface area contributed by atoms with E-state index in [1.165, 1.54) is 16.7 Å². The molecule has 0 saturated carbocycles. The molecule has 1 aromatic rings. The van der Waals surface area contributed by atoms with Gasteiger partial charge in [-0.15, -0.1) is 0 Å². The van der Waals surface area contributed by atoms with Crippen molar-refractivity contribution in [2.24, 2.45) is 5.41 Å². The Balaban J connectivity index is 3.06. The average Bonchev–Trinajstić information content (AvgIpc) is 2.25. The molecule has 0 bridgehead atoms. The van der Waals surface area contributed by atoms with Gasteiger partial charge in [-0.25, -0.2) is 0 Å². The normalized spacial score (nSPS) is 12.9. The molecule has 1 aromatic carbocycles. The molecular formula is C17H24. The average molecular weight is 228 g/mol. The van der Waals surface area contributed by atoms with E-state index in [2.05, 4.69) is 71.5 Å². The molecular weight excluding hydrogens is 204 g/mol. The topological polar surface area (TPSA) is 0 Å². The highest BCUT2D eigenvalue weighted by atomic mass is 14.1. The lowest BCUT2D eigenvalue weighted by Gasteiger charge is -2.15. The van der Waals surface area contributed by atoms with E-state index in [4.69, 9.17) is 0 Å². The van der Waals surface area contributed by atoms with Gasteiger partial charge in [-0.05, 0) is 28.0 Å². The Morgan fingerprint density at radius 2 is 1.65 bits per heavy atom. The van der Waals surface area contributed by atoms with Gasteiger partial charge in [-0.3, -0.25) is 0 Å². The molecule has 0 heterocycles. The first-order valence-electron chi connectivity index (χ1n) is 6.29. The first kappa shape index (κ1) is 13.8. The van der Waals surface area contributed by atoms with Gasteiger partial charge in [0.05, 0.1) is 0 Å². The van der Waals surface area contributed by atoms with E-state index in [9.17, 15) is 0 Å². The molecule has 92 valence electrons. The Kier molecular flexibility index (Phi) is 4.34. The van der Waals surface area contributed by atoms with Crippen LogP contribution in [0.3, 0.4) is 0 Å². The minimum Gasteiger partial charge on any atom is -0.0985 e. The zero-order valence-electron chi connectivity index (χ0n) is 11.7. The summed E-state index contributed by atoms with van der Waals surface area (Å²) in [6, 6.07) is 8.79. The summed E-state index contributed by atoms with van der Waals surface area (Å²) in [5.74, 6) is 0.586. The van der Waals surface area contributed by atoms with Crippen LogP contribution in [0.2, 0.25) is 0 Å². The highest BCUT2D eigenvalue weighted by Gasteiger charge is 2.08. The van der Waals surface area contributed by atoms with Gasteiger partial charge in [-0.1, -0.05) is 77.6 Å². The molecule has 0 aliphatic carbocycles. The van der Waals surface area contributed by atoms with Gasteiger partial charge in [0.2, 0.25) is 0 Å². The van der Waals surface area contributed by atoms with Crippen LogP contribution in [0.1, 0.15) is 51.7 Å². The second kappa shape index (κ2) is 5.35. The van der Waals surface area contributed by atoms with Crippen molar-refractivity contribution in [3.05, 3.63) is 54.1 Å². The largest absolute Gasteiger partial charge is 0.0985 e. The molecule has 1 rings (SSSR count). The number of rotatable bonds is 3. The Bertz CT molecular complexity index is 397. The second-order valence-electron chi connectivity index (χ2n) is 5.95. The molecule has 0 saturated heterocycles. The van der Waals surface area contributed by atoms with E-state index in [0.717, 1.165) is 0 Å². The van der Waals surface area contributed by atoms with E-state index >= 15 is 0 Å². The van der Waals surface area contributed by atoms with Gasteiger partial charge in [0.15, 0.2) is 0 Å². The molecule has 0 spiro atoms. The second-order valence-corrected chi connectivity index (χ2v) is 5.95. The molecule has 0 heteroatoms. The molecule has 0 aromatic heterocycles. The summed E-state index contributed by atoms with van der Waals surface area (Å²) in [6.07, 6.45) is 4.21. The molecule has 0 aliphatic rings. The van der Waals surface area contributed by atoms with Crippen molar-refractivity contribution in [2.45, 2.75) is 40.5 Å². The van der Waals surface area contributed by atoms with Crippen LogP contribution < -0.4 is 0 Å². The fourth-order valence-corrected chi connectivity index (χ4v) is 1.79. The van der Waals surface area contributed by atoms with Crippen molar-refractivity contribution in [1.29, 1.82) is 0 Å². The van der Waals surface area contributed by atoms with Crippen molar-refractivity contribution < 1.29 is 0 Å². The molecule has 0 aliphatic heterocycles. The highest BCUT2D eigenvalue weighted by Crippen LogP contribution is 2.25. The summed E-state index contributed by atoms with van der Waals surface area (Å²) in [5.41, 5.74) is 4.03. The van der Waals surface area contributed by atoms with Gasteiger partial charge in [0.25, 0.3) is 0 Å². The molecule has 17 heavy (non-hydrogen) atoms. The minimum absolute atomic E-state index is 0.181. The van der Waals surface area contributed by atoms with Crippen LogP contribution in [0, 0.1) is 5.41 Å². The molecule has 0 nitrogen and oxygen atoms in total. The third-order valence-corrected chi connectivity index (χ3v) is 2.72. The molecule has 0 radical (unpaired) electrons. The maximum absolute atomic E-state index is 3.91. The predicted molar refractivity (Wildman–Crippen MR) is 78.2 cm³/mol. The lowest BCUT2D eigenvalue weighted by Crippen LogP contribution is -2.00. The highest BCUT2D eigenvalue weighted by molar-refractivity contribution is 5.74. The summed E-state index contributed by atoms with van der Waals surface area (Å²) < 4.78 is 0. The van der Waals surface area contributed by atoms with Crippen molar-refractivity contribution in [2.75, 3.05) is 0 Å². The van der Waals surface area contributed by atoms with Crippen molar-refractivity contribution in [1.82, 2.24) is 0 Å². The van der Waals surface area contributed by atoms with E-state index in [1.807, 2.05) is 6.08 Å². The molecule has 0 amide bonds. The summed E-state index contributed by atoms with van der Waals surface area (Å²) in [4.78, 5) is 0. The maximum Gasteiger partial charge on any atom is -0.0187 e. The van der Waals surface area contributed by atoms with Gasteiger partial charge in [-0.2, -0.15) is 0 Å². The van der Waals surface area contributed by atoms with Crippen molar-refractivity contribution >= 4 is 5.57 Å². The predicted octanol–water partition coefficient (Wildman–Crippen LogP) is 5.43. The van der Waals surface area contributed by atoms with Gasteiger partial charge < -0.3 is 0 Å². The standard InChI is InChI=1S/C17H24/c1-7-14(12-17(4,5)6)16-10-8-15(9-11-16)13(2)3/h7-13H,1H2,2-6H3/b14-12+. The van der Waals surface area contributed by atoms with E-state index < -0.39 is 0 Å². The van der Waals surface area contributed by atoms with Gasteiger partial charge >= 0.3 is 0 Å². The Morgan fingerprint density at radius 3 is 2.00 bits per heavy atom. The van der Waals surface area contributed by atoms with E-state index in [-0.39, 0.29) is 5.41 Å². The van der Waals surface area contributed by atoms with Crippen molar-refractivity contribution in [3.8, 4) is 0 Å². The van der Waals surface area contributed by atoms with Crippen LogP contribution in [0.5, 0.6) is 0 Å². The fourth-order valence-electron chi connectivity index (χ4n) is 1.79. The van der Waals surface area contributed by atoms with Gasteiger partial charge in [0, 0.05) is 0 Å². The van der Waals surface area contributed by atoms with Crippen LogP contribution >= 0.6 is 0 Å². The fraction of sp³-hybridized carbons (Fsp3) is 0.412. The quantitative estimate of drug-likeness (QED) is 0.605. The first-order valence-corrected chi connectivity index (χ1v) is 6.29. The smallest absolute Gasteiger partial charge is 0.0187 e. The van der Waals surface area contributed by atoms with Crippen LogP contribution in [-0.4, -0.2) is 0 Å². The summed E-state index contributed by atoms with van der Waals surface area (Å²) in [5, 5.41) is 0. The third kappa shape index (κ3) is 4.22. The molecule has 0 atom stereocenters. The molecule has 0 N–H and O–H groups in total. The molecule has 0 unspecified atom stereocenters. The SMILES string of the molecule is C=C/C(=C\C(C)(C)C)c1ccc(C(C)C)cc1.